The molecule has 0 saturated carbocycles. The lowest BCUT2D eigenvalue weighted by Crippen LogP contribution is -1.90. The monoisotopic (exact) mass is 680 g/mol. The zero-order valence-corrected chi connectivity index (χ0v) is 28.7. The number of rotatable bonds is 8. The first-order chi connectivity index (χ1) is 23.6. The summed E-state index contributed by atoms with van der Waals surface area (Å²) in [6.45, 7) is 2.21. The van der Waals surface area contributed by atoms with Crippen LogP contribution < -0.4 is 10.6 Å². The van der Waals surface area contributed by atoms with Gasteiger partial charge in [0.25, 0.3) is 0 Å². The van der Waals surface area contributed by atoms with Gasteiger partial charge in [-0.25, -0.2) is 9.97 Å². The predicted octanol–water partition coefficient (Wildman–Crippen LogP) is 13.0. The van der Waals surface area contributed by atoms with Gasteiger partial charge < -0.3 is 10.6 Å². The van der Waals surface area contributed by atoms with E-state index in [0.29, 0.717) is 0 Å². The maximum atomic E-state index is 5.94. The Morgan fingerprint density at radius 1 is 0.625 bits per heavy atom. The molecule has 2 aromatic heterocycles. The van der Waals surface area contributed by atoms with Crippen LogP contribution >= 0.6 is 34.3 Å². The van der Waals surface area contributed by atoms with Gasteiger partial charge in [0, 0.05) is 43.2 Å². The van der Waals surface area contributed by atoms with Gasteiger partial charge in [0.05, 0.1) is 11.4 Å². The first-order valence-corrected chi connectivity index (χ1v) is 18.0. The third-order valence-corrected chi connectivity index (χ3v) is 9.94. The molecule has 0 amide bonds. The number of hydrogen-bond donors (Lipinski definition) is 2. The molecule has 0 atom stereocenters. The van der Waals surface area contributed by atoms with E-state index in [4.69, 9.17) is 16.6 Å². The van der Waals surface area contributed by atoms with Crippen molar-refractivity contribution in [1.82, 2.24) is 9.97 Å². The average Bonchev–Trinajstić information content (AvgIpc) is 3.76. The van der Waals surface area contributed by atoms with Crippen molar-refractivity contribution >= 4 is 77.5 Å². The molecule has 48 heavy (non-hydrogen) atoms. The normalized spacial score (nSPS) is 10.9. The molecule has 7 heteroatoms. The van der Waals surface area contributed by atoms with Crippen molar-refractivity contribution in [3.63, 3.8) is 0 Å². The molecule has 8 aromatic rings. The highest BCUT2D eigenvalue weighted by molar-refractivity contribution is 7.16. The molecular weight excluding hydrogens is 648 g/mol. The quantitative estimate of drug-likeness (QED) is 0.168. The fourth-order valence-electron chi connectivity index (χ4n) is 5.55. The van der Waals surface area contributed by atoms with Crippen LogP contribution in [0.4, 0.5) is 21.6 Å². The number of benzene rings is 6. The Bertz CT molecular complexity index is 2270. The van der Waals surface area contributed by atoms with E-state index >= 15 is 0 Å². The number of halogens is 1. The third-order valence-electron chi connectivity index (χ3n) is 7.90. The molecule has 2 N–H and O–H groups in total. The standard InChI is InChI=1S/C22H20N2S.C19H13ClN2S/c1-2-8-20-21(17-10-4-3-5-11-17)24-22(25-20)23-19-14-13-16-9-6-7-12-18(16)15-19;20-15-10-8-14(9-11-15)18-12-23-19(22-18)21-17-7-3-5-13-4-1-2-6-16(13)17/h3-7,9-15H,2,8H2,1H3,(H,23,24);1-12H,(H,21,22). The minimum absolute atomic E-state index is 0.734. The lowest BCUT2D eigenvalue weighted by molar-refractivity contribution is 0.938. The Kier molecular flexibility index (Phi) is 9.75. The highest BCUT2D eigenvalue weighted by Crippen LogP contribution is 2.34. The van der Waals surface area contributed by atoms with E-state index in [1.807, 2.05) is 36.4 Å². The van der Waals surface area contributed by atoms with E-state index in [1.54, 1.807) is 22.7 Å². The number of thiazole rings is 2. The molecular formula is C41H33ClN4S2. The molecule has 0 saturated heterocycles. The van der Waals surface area contributed by atoms with E-state index in [-0.39, 0.29) is 0 Å². The summed E-state index contributed by atoms with van der Waals surface area (Å²) in [5.41, 5.74) is 6.46. The topological polar surface area (TPSA) is 49.8 Å². The van der Waals surface area contributed by atoms with Gasteiger partial charge in [-0.3, -0.25) is 0 Å². The summed E-state index contributed by atoms with van der Waals surface area (Å²) in [4.78, 5) is 10.9. The molecule has 236 valence electrons. The number of nitrogens with zero attached hydrogens (tertiary/aromatic N) is 2. The summed E-state index contributed by atoms with van der Waals surface area (Å²) in [7, 11) is 0. The van der Waals surface area contributed by atoms with Crippen molar-refractivity contribution in [2.45, 2.75) is 19.8 Å². The first-order valence-electron chi connectivity index (χ1n) is 15.9. The minimum Gasteiger partial charge on any atom is -0.332 e. The molecule has 0 aliphatic rings. The number of aromatic nitrogens is 2. The van der Waals surface area contributed by atoms with Crippen molar-refractivity contribution in [1.29, 1.82) is 0 Å². The van der Waals surface area contributed by atoms with Gasteiger partial charge in [-0.15, -0.1) is 22.7 Å². The Hall–Kier alpha value is -5.01. The summed E-state index contributed by atoms with van der Waals surface area (Å²) in [5, 5.41) is 16.4. The van der Waals surface area contributed by atoms with Crippen LogP contribution in [-0.4, -0.2) is 9.97 Å². The minimum atomic E-state index is 0.734. The van der Waals surface area contributed by atoms with Gasteiger partial charge in [-0.2, -0.15) is 0 Å². The number of fused-ring (bicyclic) bond motifs is 2. The summed E-state index contributed by atoms with van der Waals surface area (Å²) in [6.07, 6.45) is 2.18. The van der Waals surface area contributed by atoms with E-state index in [0.717, 1.165) is 56.5 Å². The molecule has 8 rings (SSSR count). The zero-order chi connectivity index (χ0) is 32.7. The van der Waals surface area contributed by atoms with Crippen LogP contribution in [0.15, 0.2) is 145 Å². The fraction of sp³-hybridized carbons (Fsp3) is 0.0732. The Labute approximate surface area is 293 Å². The highest BCUT2D eigenvalue weighted by atomic mass is 35.5. The lowest BCUT2D eigenvalue weighted by Gasteiger charge is -2.07. The predicted molar refractivity (Wildman–Crippen MR) is 209 cm³/mol. The molecule has 0 radical (unpaired) electrons. The molecule has 0 unspecified atom stereocenters. The molecule has 2 heterocycles. The van der Waals surface area contributed by atoms with Crippen LogP contribution in [0.3, 0.4) is 0 Å². The van der Waals surface area contributed by atoms with Crippen molar-refractivity contribution < 1.29 is 0 Å². The summed E-state index contributed by atoms with van der Waals surface area (Å²) in [5.74, 6) is 0. The van der Waals surface area contributed by atoms with Crippen LogP contribution in [0.25, 0.3) is 44.1 Å². The molecule has 0 aliphatic carbocycles. The van der Waals surface area contributed by atoms with Crippen molar-refractivity contribution in [2.24, 2.45) is 0 Å². The molecule has 0 aliphatic heterocycles. The van der Waals surface area contributed by atoms with Crippen LogP contribution in [0.1, 0.15) is 18.2 Å². The van der Waals surface area contributed by atoms with E-state index < -0.39 is 0 Å². The van der Waals surface area contributed by atoms with E-state index in [2.05, 4.69) is 131 Å². The Balaban J connectivity index is 0.000000152. The molecule has 0 bridgehead atoms. The second kappa shape index (κ2) is 14.8. The number of aryl methyl sites for hydroxylation is 1. The third kappa shape index (κ3) is 7.42. The fourth-order valence-corrected chi connectivity index (χ4v) is 7.51. The number of hydrogen-bond acceptors (Lipinski definition) is 6. The summed E-state index contributed by atoms with van der Waals surface area (Å²) >= 11 is 9.29. The molecule has 0 fully saturated rings. The second-order valence-corrected chi connectivity index (χ2v) is 13.7. The van der Waals surface area contributed by atoms with Gasteiger partial charge in [0.1, 0.15) is 0 Å². The number of anilines is 4. The Morgan fingerprint density at radius 2 is 1.35 bits per heavy atom. The van der Waals surface area contributed by atoms with Gasteiger partial charge in [-0.05, 0) is 52.9 Å². The van der Waals surface area contributed by atoms with Gasteiger partial charge in [0.2, 0.25) is 0 Å². The maximum absolute atomic E-state index is 5.94. The number of nitrogens with one attached hydrogen (secondary N) is 2. The maximum Gasteiger partial charge on any atom is 0.187 e. The van der Waals surface area contributed by atoms with Crippen LogP contribution in [0.5, 0.6) is 0 Å². The van der Waals surface area contributed by atoms with Crippen LogP contribution in [0.2, 0.25) is 5.02 Å². The summed E-state index contributed by atoms with van der Waals surface area (Å²) < 4.78 is 0. The van der Waals surface area contributed by atoms with Crippen molar-refractivity contribution in [2.75, 3.05) is 10.6 Å². The van der Waals surface area contributed by atoms with Crippen molar-refractivity contribution in [3.05, 3.63) is 155 Å². The molecule has 6 aromatic carbocycles. The SMILES string of the molecule is CCCc1sc(Nc2ccc3ccccc3c2)nc1-c1ccccc1.Clc1ccc(-c2csc(Nc3cccc4ccccc34)n2)cc1. The highest BCUT2D eigenvalue weighted by Gasteiger charge is 2.13. The smallest absolute Gasteiger partial charge is 0.187 e. The average molecular weight is 681 g/mol. The zero-order valence-electron chi connectivity index (χ0n) is 26.4. The van der Waals surface area contributed by atoms with Gasteiger partial charge >= 0.3 is 0 Å². The molecule has 0 spiro atoms. The second-order valence-electron chi connectivity index (χ2n) is 11.3. The van der Waals surface area contributed by atoms with Crippen molar-refractivity contribution in [3.8, 4) is 22.5 Å². The van der Waals surface area contributed by atoms with Crippen LogP contribution in [0, 0.1) is 0 Å². The first kappa shape index (κ1) is 31.6. The molecule has 4 nitrogen and oxygen atoms in total. The van der Waals surface area contributed by atoms with E-state index in [1.165, 1.54) is 32.0 Å². The largest absolute Gasteiger partial charge is 0.332 e. The van der Waals surface area contributed by atoms with Gasteiger partial charge in [0.15, 0.2) is 10.3 Å². The summed E-state index contributed by atoms with van der Waals surface area (Å²) in [6, 6.07) is 47.6. The Morgan fingerprint density at radius 3 is 2.17 bits per heavy atom. The lowest BCUT2D eigenvalue weighted by atomic mass is 10.1. The van der Waals surface area contributed by atoms with Gasteiger partial charge in [-0.1, -0.05) is 134 Å². The van der Waals surface area contributed by atoms with Crippen LogP contribution in [-0.2, 0) is 6.42 Å². The van der Waals surface area contributed by atoms with E-state index in [9.17, 15) is 0 Å².